The summed E-state index contributed by atoms with van der Waals surface area (Å²) in [6.45, 7) is 3.21. The monoisotopic (exact) mass is 223 g/mol. The molecule has 80 valence electrons. The molecule has 1 atom stereocenters. The Hall–Kier alpha value is -1.02. The van der Waals surface area contributed by atoms with Gasteiger partial charge in [-0.25, -0.2) is 0 Å². The highest BCUT2D eigenvalue weighted by molar-refractivity contribution is 6.30. The second kappa shape index (κ2) is 4.23. The van der Waals surface area contributed by atoms with Crippen LogP contribution in [0, 0.1) is 0 Å². The van der Waals surface area contributed by atoms with Crippen molar-refractivity contribution in [1.29, 1.82) is 0 Å². The molecular weight excluding hydrogens is 210 g/mol. The molecule has 2 rings (SSSR count). The quantitative estimate of drug-likeness (QED) is 0.669. The van der Waals surface area contributed by atoms with E-state index < -0.39 is 5.38 Å². The lowest BCUT2D eigenvalue weighted by atomic mass is 10.00. The predicted octanol–water partition coefficient (Wildman–Crippen LogP) is 2.20. The van der Waals surface area contributed by atoms with Gasteiger partial charge in [0.05, 0.1) is 0 Å². The van der Waals surface area contributed by atoms with E-state index in [1.54, 1.807) is 6.92 Å². The Morgan fingerprint density at radius 2 is 2.07 bits per heavy atom. The van der Waals surface area contributed by atoms with E-state index in [1.807, 2.05) is 17.0 Å². The second-order valence-electron chi connectivity index (χ2n) is 3.89. The molecule has 0 aromatic heterocycles. The first-order chi connectivity index (χ1) is 7.18. The molecule has 2 nitrogen and oxygen atoms in total. The fourth-order valence-corrected chi connectivity index (χ4v) is 2.07. The SMILES string of the molecule is C[C@H](Cl)C(=O)N1CCc2ccccc2C1. The van der Waals surface area contributed by atoms with Crippen LogP contribution in [0.15, 0.2) is 24.3 Å². The number of alkyl halides is 1. The first-order valence-electron chi connectivity index (χ1n) is 5.18. The lowest BCUT2D eigenvalue weighted by Gasteiger charge is -2.29. The molecular formula is C12H14ClNO. The van der Waals surface area contributed by atoms with Crippen LogP contribution in [0.4, 0.5) is 0 Å². The third kappa shape index (κ3) is 2.15. The lowest BCUT2D eigenvalue weighted by Crippen LogP contribution is -2.39. The van der Waals surface area contributed by atoms with Gasteiger partial charge < -0.3 is 4.90 Å². The number of benzene rings is 1. The van der Waals surface area contributed by atoms with Gasteiger partial charge in [0.2, 0.25) is 5.91 Å². The highest BCUT2D eigenvalue weighted by Gasteiger charge is 2.22. The molecule has 1 amide bonds. The molecule has 15 heavy (non-hydrogen) atoms. The number of hydrogen-bond donors (Lipinski definition) is 0. The lowest BCUT2D eigenvalue weighted by molar-refractivity contribution is -0.131. The molecule has 0 bridgehead atoms. The topological polar surface area (TPSA) is 20.3 Å². The van der Waals surface area contributed by atoms with Crippen LogP contribution in [0.25, 0.3) is 0 Å². The molecule has 1 aliphatic heterocycles. The standard InChI is InChI=1S/C12H14ClNO/c1-9(13)12(15)14-7-6-10-4-2-3-5-11(10)8-14/h2-5,9H,6-8H2,1H3/t9-/m0/s1. The Morgan fingerprint density at radius 1 is 1.40 bits per heavy atom. The fraction of sp³-hybridized carbons (Fsp3) is 0.417. The van der Waals surface area contributed by atoms with Gasteiger partial charge in [0, 0.05) is 13.1 Å². The maximum absolute atomic E-state index is 11.7. The normalized spacial score (nSPS) is 17.1. The van der Waals surface area contributed by atoms with Gasteiger partial charge in [-0.2, -0.15) is 0 Å². The van der Waals surface area contributed by atoms with Crippen LogP contribution in [-0.4, -0.2) is 22.7 Å². The maximum atomic E-state index is 11.7. The molecule has 1 aromatic rings. The van der Waals surface area contributed by atoms with Crippen LogP contribution < -0.4 is 0 Å². The fourth-order valence-electron chi connectivity index (χ4n) is 1.94. The van der Waals surface area contributed by atoms with Crippen LogP contribution >= 0.6 is 11.6 Å². The third-order valence-electron chi connectivity index (χ3n) is 2.78. The van der Waals surface area contributed by atoms with Crippen LogP contribution in [0.5, 0.6) is 0 Å². The molecule has 0 unspecified atom stereocenters. The van der Waals surface area contributed by atoms with Gasteiger partial charge in [-0.1, -0.05) is 24.3 Å². The summed E-state index contributed by atoms with van der Waals surface area (Å²) in [6.07, 6.45) is 0.936. The number of carbonyl (C=O) groups excluding carboxylic acids is 1. The Balaban J connectivity index is 2.15. The van der Waals surface area contributed by atoms with E-state index in [1.165, 1.54) is 11.1 Å². The Bertz CT molecular complexity index is 376. The molecule has 0 spiro atoms. The summed E-state index contributed by atoms with van der Waals surface area (Å²) in [5, 5.41) is -0.421. The van der Waals surface area contributed by atoms with E-state index in [0.29, 0.717) is 6.54 Å². The zero-order valence-corrected chi connectivity index (χ0v) is 9.50. The summed E-state index contributed by atoms with van der Waals surface area (Å²) in [5.74, 6) is 0.0335. The van der Waals surface area contributed by atoms with Gasteiger partial charge in [-0.05, 0) is 24.5 Å². The molecule has 0 fully saturated rings. The smallest absolute Gasteiger partial charge is 0.240 e. The van der Waals surface area contributed by atoms with Gasteiger partial charge in [0.15, 0.2) is 0 Å². The Morgan fingerprint density at radius 3 is 2.73 bits per heavy atom. The van der Waals surface area contributed by atoms with Crippen molar-refractivity contribution in [2.75, 3.05) is 6.54 Å². The van der Waals surface area contributed by atoms with Crippen LogP contribution in [0.1, 0.15) is 18.1 Å². The maximum Gasteiger partial charge on any atom is 0.240 e. The molecule has 0 N–H and O–H groups in total. The van der Waals surface area contributed by atoms with E-state index in [9.17, 15) is 4.79 Å². The van der Waals surface area contributed by atoms with Crippen LogP contribution in [0.2, 0.25) is 0 Å². The highest BCUT2D eigenvalue weighted by atomic mass is 35.5. The first kappa shape index (κ1) is 10.5. The third-order valence-corrected chi connectivity index (χ3v) is 2.97. The van der Waals surface area contributed by atoms with Crippen molar-refractivity contribution in [3.05, 3.63) is 35.4 Å². The predicted molar refractivity (Wildman–Crippen MR) is 60.9 cm³/mol. The number of halogens is 1. The molecule has 0 saturated carbocycles. The van der Waals surface area contributed by atoms with Gasteiger partial charge in [-0.15, -0.1) is 11.6 Å². The van der Waals surface area contributed by atoms with Crippen molar-refractivity contribution in [3.63, 3.8) is 0 Å². The molecule has 1 aliphatic rings. The van der Waals surface area contributed by atoms with Crippen molar-refractivity contribution in [2.24, 2.45) is 0 Å². The average molecular weight is 224 g/mol. The van der Waals surface area contributed by atoms with Gasteiger partial charge in [0.25, 0.3) is 0 Å². The minimum atomic E-state index is -0.421. The van der Waals surface area contributed by atoms with Crippen molar-refractivity contribution in [2.45, 2.75) is 25.3 Å². The summed E-state index contributed by atoms with van der Waals surface area (Å²) in [4.78, 5) is 13.5. The van der Waals surface area contributed by atoms with Crippen LogP contribution in [0.3, 0.4) is 0 Å². The van der Waals surface area contributed by atoms with E-state index in [0.717, 1.165) is 13.0 Å². The summed E-state index contributed by atoms with van der Waals surface area (Å²) >= 11 is 5.80. The molecule has 1 aromatic carbocycles. The highest BCUT2D eigenvalue weighted by Crippen LogP contribution is 2.19. The molecule has 1 heterocycles. The molecule has 3 heteroatoms. The Labute approximate surface area is 94.8 Å². The number of amides is 1. The van der Waals surface area contributed by atoms with E-state index in [-0.39, 0.29) is 5.91 Å². The summed E-state index contributed by atoms with van der Waals surface area (Å²) in [7, 11) is 0. The van der Waals surface area contributed by atoms with E-state index in [4.69, 9.17) is 11.6 Å². The van der Waals surface area contributed by atoms with Crippen molar-refractivity contribution >= 4 is 17.5 Å². The largest absolute Gasteiger partial charge is 0.337 e. The number of hydrogen-bond acceptors (Lipinski definition) is 1. The zero-order valence-electron chi connectivity index (χ0n) is 8.74. The molecule has 0 saturated heterocycles. The Kier molecular flexibility index (Phi) is 2.96. The van der Waals surface area contributed by atoms with Gasteiger partial charge in [-0.3, -0.25) is 4.79 Å². The average Bonchev–Trinajstić information content (AvgIpc) is 2.27. The summed E-state index contributed by atoms with van der Waals surface area (Å²) < 4.78 is 0. The molecule has 0 aliphatic carbocycles. The second-order valence-corrected chi connectivity index (χ2v) is 4.55. The first-order valence-corrected chi connectivity index (χ1v) is 5.62. The van der Waals surface area contributed by atoms with E-state index >= 15 is 0 Å². The minimum absolute atomic E-state index is 0.0335. The zero-order chi connectivity index (χ0) is 10.8. The van der Waals surface area contributed by atoms with Crippen LogP contribution in [-0.2, 0) is 17.8 Å². The number of nitrogens with zero attached hydrogens (tertiary/aromatic N) is 1. The van der Waals surface area contributed by atoms with E-state index in [2.05, 4.69) is 12.1 Å². The number of fused-ring (bicyclic) bond motifs is 1. The molecule has 0 radical (unpaired) electrons. The van der Waals surface area contributed by atoms with Gasteiger partial charge in [0.1, 0.15) is 5.38 Å². The summed E-state index contributed by atoms with van der Waals surface area (Å²) in [5.41, 5.74) is 2.60. The minimum Gasteiger partial charge on any atom is -0.337 e. The van der Waals surface area contributed by atoms with Crippen molar-refractivity contribution < 1.29 is 4.79 Å². The summed E-state index contributed by atoms with van der Waals surface area (Å²) in [6, 6.07) is 8.26. The number of carbonyl (C=O) groups is 1. The van der Waals surface area contributed by atoms with Crippen molar-refractivity contribution in [1.82, 2.24) is 4.90 Å². The van der Waals surface area contributed by atoms with Crippen molar-refractivity contribution in [3.8, 4) is 0 Å². The number of rotatable bonds is 1. The van der Waals surface area contributed by atoms with Gasteiger partial charge >= 0.3 is 0 Å².